The van der Waals surface area contributed by atoms with E-state index >= 15 is 0 Å². The van der Waals surface area contributed by atoms with Gasteiger partial charge in [0.25, 0.3) is 0 Å². The molecule has 3 nitrogen and oxygen atoms in total. The minimum Gasteiger partial charge on any atom is -0.465 e. The van der Waals surface area contributed by atoms with Gasteiger partial charge in [0, 0.05) is 11.0 Å². The molecule has 0 aliphatic heterocycles. The Morgan fingerprint density at radius 3 is 2.81 bits per heavy atom. The van der Waals surface area contributed by atoms with E-state index in [0.29, 0.717) is 5.56 Å². The summed E-state index contributed by atoms with van der Waals surface area (Å²) in [6.07, 6.45) is 5.47. The SMILES string of the molecule is COC(=O)c1ccc(CNCC2CCCCC2C)c(Br)c1. The first kappa shape index (κ1) is 16.5. The van der Waals surface area contributed by atoms with Crippen LogP contribution in [0.4, 0.5) is 0 Å². The van der Waals surface area contributed by atoms with Crippen molar-refractivity contribution in [3.8, 4) is 0 Å². The summed E-state index contributed by atoms with van der Waals surface area (Å²) in [5.74, 6) is 1.33. The lowest BCUT2D eigenvalue weighted by atomic mass is 9.80. The second-order valence-electron chi connectivity index (χ2n) is 5.95. The molecule has 0 radical (unpaired) electrons. The van der Waals surface area contributed by atoms with Crippen molar-refractivity contribution in [1.82, 2.24) is 5.32 Å². The van der Waals surface area contributed by atoms with Crippen LogP contribution in [0.25, 0.3) is 0 Å². The largest absolute Gasteiger partial charge is 0.465 e. The summed E-state index contributed by atoms with van der Waals surface area (Å²) < 4.78 is 5.68. The molecular weight excluding hydrogens is 330 g/mol. The average molecular weight is 354 g/mol. The molecule has 0 heterocycles. The lowest BCUT2D eigenvalue weighted by molar-refractivity contribution is 0.0600. The predicted octanol–water partition coefficient (Wildman–Crippen LogP) is 4.15. The molecule has 1 fully saturated rings. The molecule has 2 atom stereocenters. The maximum atomic E-state index is 11.5. The van der Waals surface area contributed by atoms with Crippen LogP contribution in [0.2, 0.25) is 0 Å². The van der Waals surface area contributed by atoms with E-state index in [9.17, 15) is 4.79 Å². The van der Waals surface area contributed by atoms with Gasteiger partial charge in [0.2, 0.25) is 0 Å². The van der Waals surface area contributed by atoms with Gasteiger partial charge in [-0.15, -0.1) is 0 Å². The van der Waals surface area contributed by atoms with Crippen molar-refractivity contribution in [2.75, 3.05) is 13.7 Å². The Balaban J connectivity index is 1.87. The third-order valence-corrected chi connectivity index (χ3v) is 5.22. The molecule has 21 heavy (non-hydrogen) atoms. The summed E-state index contributed by atoms with van der Waals surface area (Å²) in [6, 6.07) is 5.62. The van der Waals surface area contributed by atoms with Crippen LogP contribution in [0.1, 0.15) is 48.5 Å². The van der Waals surface area contributed by atoms with Gasteiger partial charge in [-0.1, -0.05) is 48.2 Å². The zero-order valence-electron chi connectivity index (χ0n) is 12.8. The lowest BCUT2D eigenvalue weighted by Gasteiger charge is -2.29. The molecule has 1 aliphatic rings. The molecule has 0 aromatic heterocycles. The summed E-state index contributed by atoms with van der Waals surface area (Å²) in [4.78, 5) is 11.5. The van der Waals surface area contributed by atoms with Gasteiger partial charge in [0.1, 0.15) is 0 Å². The third kappa shape index (κ3) is 4.55. The number of rotatable bonds is 5. The van der Waals surface area contributed by atoms with Crippen LogP contribution >= 0.6 is 15.9 Å². The number of hydrogen-bond acceptors (Lipinski definition) is 3. The van der Waals surface area contributed by atoms with Crippen molar-refractivity contribution < 1.29 is 9.53 Å². The van der Waals surface area contributed by atoms with Crippen molar-refractivity contribution in [3.63, 3.8) is 0 Å². The van der Waals surface area contributed by atoms with Gasteiger partial charge < -0.3 is 10.1 Å². The van der Waals surface area contributed by atoms with Crippen molar-refractivity contribution in [3.05, 3.63) is 33.8 Å². The fourth-order valence-electron chi connectivity index (χ4n) is 3.02. The van der Waals surface area contributed by atoms with Crippen LogP contribution in [0, 0.1) is 11.8 Å². The second kappa shape index (κ2) is 7.95. The van der Waals surface area contributed by atoms with Gasteiger partial charge >= 0.3 is 5.97 Å². The first-order valence-electron chi connectivity index (χ1n) is 7.69. The van der Waals surface area contributed by atoms with Crippen molar-refractivity contribution in [2.45, 2.75) is 39.2 Å². The molecule has 0 bridgehead atoms. The smallest absolute Gasteiger partial charge is 0.337 e. The summed E-state index contributed by atoms with van der Waals surface area (Å²) in [5, 5.41) is 3.56. The fourth-order valence-corrected chi connectivity index (χ4v) is 3.54. The molecule has 0 amide bonds. The molecule has 116 valence electrons. The van der Waals surface area contributed by atoms with Gasteiger partial charge in [0.15, 0.2) is 0 Å². The molecule has 2 unspecified atom stereocenters. The molecule has 1 aromatic rings. The summed E-state index contributed by atoms with van der Waals surface area (Å²) in [5.41, 5.74) is 1.75. The zero-order chi connectivity index (χ0) is 15.2. The monoisotopic (exact) mass is 353 g/mol. The van der Waals surface area contributed by atoms with E-state index in [4.69, 9.17) is 4.74 Å². The van der Waals surface area contributed by atoms with Crippen molar-refractivity contribution >= 4 is 21.9 Å². The number of nitrogens with one attached hydrogen (secondary N) is 1. The molecule has 2 rings (SSSR count). The van der Waals surface area contributed by atoms with Crippen molar-refractivity contribution in [1.29, 1.82) is 0 Å². The van der Waals surface area contributed by atoms with Crippen LogP contribution < -0.4 is 5.32 Å². The summed E-state index contributed by atoms with van der Waals surface area (Å²) in [6.45, 7) is 4.27. The van der Waals surface area contributed by atoms with Crippen molar-refractivity contribution in [2.24, 2.45) is 11.8 Å². The number of esters is 1. The zero-order valence-corrected chi connectivity index (χ0v) is 14.4. The Hall–Kier alpha value is -0.870. The molecule has 1 aliphatic carbocycles. The minimum absolute atomic E-state index is 0.300. The van der Waals surface area contributed by atoms with Gasteiger partial charge in [-0.2, -0.15) is 0 Å². The van der Waals surface area contributed by atoms with E-state index in [1.54, 1.807) is 0 Å². The van der Waals surface area contributed by atoms with Crippen LogP contribution in [-0.2, 0) is 11.3 Å². The molecular formula is C17H24BrNO2. The third-order valence-electron chi connectivity index (χ3n) is 4.49. The molecule has 1 N–H and O–H groups in total. The van der Waals surface area contributed by atoms with E-state index < -0.39 is 0 Å². The highest BCUT2D eigenvalue weighted by Crippen LogP contribution is 2.29. The standard InChI is InChI=1S/C17H24BrNO2/c1-12-5-3-4-6-14(12)10-19-11-15-8-7-13(9-16(15)18)17(20)21-2/h7-9,12,14,19H,3-6,10-11H2,1-2H3. The topological polar surface area (TPSA) is 38.3 Å². The molecule has 0 spiro atoms. The Kier molecular flexibility index (Phi) is 6.24. The first-order valence-corrected chi connectivity index (χ1v) is 8.48. The minimum atomic E-state index is -0.300. The highest BCUT2D eigenvalue weighted by molar-refractivity contribution is 9.10. The number of carbonyl (C=O) groups excluding carboxylic acids is 1. The molecule has 4 heteroatoms. The normalized spacial score (nSPS) is 22.0. The van der Waals surface area contributed by atoms with Crippen LogP contribution in [0.15, 0.2) is 22.7 Å². The van der Waals surface area contributed by atoms with Crippen LogP contribution in [0.5, 0.6) is 0 Å². The Labute approximate surface area is 135 Å². The lowest BCUT2D eigenvalue weighted by Crippen LogP contribution is -2.29. The second-order valence-corrected chi connectivity index (χ2v) is 6.80. The quantitative estimate of drug-likeness (QED) is 0.808. The van der Waals surface area contributed by atoms with Crippen LogP contribution in [-0.4, -0.2) is 19.6 Å². The maximum Gasteiger partial charge on any atom is 0.337 e. The van der Waals surface area contributed by atoms with Gasteiger partial charge in [-0.25, -0.2) is 4.79 Å². The highest BCUT2D eigenvalue weighted by atomic mass is 79.9. The van der Waals surface area contributed by atoms with E-state index in [-0.39, 0.29) is 5.97 Å². The number of methoxy groups -OCH3 is 1. The first-order chi connectivity index (χ1) is 10.1. The van der Waals surface area contributed by atoms with E-state index in [0.717, 1.165) is 29.4 Å². The predicted molar refractivity (Wildman–Crippen MR) is 88.3 cm³/mol. The van der Waals surface area contributed by atoms with Gasteiger partial charge in [-0.05, 0) is 42.5 Å². The Bertz CT molecular complexity index is 490. The fraction of sp³-hybridized carbons (Fsp3) is 0.588. The van der Waals surface area contributed by atoms with E-state index in [1.165, 1.54) is 38.4 Å². The van der Waals surface area contributed by atoms with Gasteiger partial charge in [-0.3, -0.25) is 0 Å². The Morgan fingerprint density at radius 1 is 1.38 bits per heavy atom. The maximum absolute atomic E-state index is 11.5. The van der Waals surface area contributed by atoms with E-state index in [2.05, 4.69) is 28.2 Å². The molecule has 1 aromatic carbocycles. The Morgan fingerprint density at radius 2 is 2.14 bits per heavy atom. The molecule has 1 saturated carbocycles. The number of benzene rings is 1. The highest BCUT2D eigenvalue weighted by Gasteiger charge is 2.20. The number of hydrogen-bond donors (Lipinski definition) is 1. The molecule has 0 saturated heterocycles. The number of carbonyl (C=O) groups is 1. The van der Waals surface area contributed by atoms with Gasteiger partial charge in [0.05, 0.1) is 12.7 Å². The average Bonchev–Trinajstić information content (AvgIpc) is 2.50. The van der Waals surface area contributed by atoms with Crippen LogP contribution in [0.3, 0.4) is 0 Å². The number of halogens is 1. The van der Waals surface area contributed by atoms with E-state index in [1.807, 2.05) is 18.2 Å². The number of ether oxygens (including phenoxy) is 1. The summed E-state index contributed by atoms with van der Waals surface area (Å²) in [7, 11) is 1.40. The summed E-state index contributed by atoms with van der Waals surface area (Å²) >= 11 is 3.53.